The predicted molar refractivity (Wildman–Crippen MR) is 64.0 cm³/mol. The van der Waals surface area contributed by atoms with Crippen LogP contribution >= 0.6 is 0 Å². The lowest BCUT2D eigenvalue weighted by atomic mass is 10.1. The first-order valence-electron chi connectivity index (χ1n) is 5.73. The van der Waals surface area contributed by atoms with Crippen LogP contribution in [0, 0.1) is 6.92 Å². The molecule has 1 aromatic rings. The summed E-state index contributed by atoms with van der Waals surface area (Å²) in [6.07, 6.45) is 2.51. The number of aryl methyl sites for hydroxylation is 1. The quantitative estimate of drug-likeness (QED) is 0.796. The van der Waals surface area contributed by atoms with Crippen molar-refractivity contribution in [1.29, 1.82) is 0 Å². The van der Waals surface area contributed by atoms with E-state index in [1.807, 2.05) is 0 Å². The van der Waals surface area contributed by atoms with Gasteiger partial charge in [-0.15, -0.1) is 0 Å². The molecule has 0 atom stereocenters. The van der Waals surface area contributed by atoms with Crippen LogP contribution in [0.2, 0.25) is 0 Å². The molecule has 0 radical (unpaired) electrons. The summed E-state index contributed by atoms with van der Waals surface area (Å²) in [7, 11) is 0. The fraction of sp³-hybridized carbons (Fsp3) is 0.462. The minimum Gasteiger partial charge on any atom is -0.354 e. The van der Waals surface area contributed by atoms with Crippen molar-refractivity contribution in [3.8, 4) is 0 Å². The van der Waals surface area contributed by atoms with Crippen LogP contribution in [-0.4, -0.2) is 18.0 Å². The van der Waals surface area contributed by atoms with Gasteiger partial charge in [0.05, 0.1) is 5.54 Å². The Bertz CT molecular complexity index is 379. The largest absolute Gasteiger partial charge is 0.354 e. The summed E-state index contributed by atoms with van der Waals surface area (Å²) in [4.78, 5) is 11.5. The molecule has 1 saturated carbocycles. The standard InChI is InChI=1S/C13H18N2O/c1-10-2-4-11(5-3-10)6-9-15-12(16)13(14)7-8-13/h2-5H,6-9,14H2,1H3,(H,15,16). The molecule has 1 fully saturated rings. The third-order valence-corrected chi connectivity index (χ3v) is 3.06. The highest BCUT2D eigenvalue weighted by atomic mass is 16.2. The topological polar surface area (TPSA) is 55.1 Å². The summed E-state index contributed by atoms with van der Waals surface area (Å²) in [5.74, 6) is -0.000360. The monoisotopic (exact) mass is 218 g/mol. The van der Waals surface area contributed by atoms with E-state index in [4.69, 9.17) is 5.73 Å². The molecule has 0 spiro atoms. The van der Waals surface area contributed by atoms with Gasteiger partial charge in [0.1, 0.15) is 0 Å². The fourth-order valence-electron chi connectivity index (χ4n) is 1.61. The van der Waals surface area contributed by atoms with Crippen LogP contribution < -0.4 is 11.1 Å². The molecular weight excluding hydrogens is 200 g/mol. The smallest absolute Gasteiger partial charge is 0.240 e. The Morgan fingerprint density at radius 1 is 1.38 bits per heavy atom. The highest BCUT2D eigenvalue weighted by Crippen LogP contribution is 2.31. The molecule has 3 heteroatoms. The van der Waals surface area contributed by atoms with Crippen LogP contribution in [0.15, 0.2) is 24.3 Å². The summed E-state index contributed by atoms with van der Waals surface area (Å²) >= 11 is 0. The number of carbonyl (C=O) groups is 1. The first-order chi connectivity index (χ1) is 7.60. The van der Waals surface area contributed by atoms with Gasteiger partial charge in [-0.1, -0.05) is 29.8 Å². The van der Waals surface area contributed by atoms with Gasteiger partial charge in [-0.05, 0) is 31.7 Å². The van der Waals surface area contributed by atoms with Gasteiger partial charge in [-0.25, -0.2) is 0 Å². The SMILES string of the molecule is Cc1ccc(CCNC(=O)C2(N)CC2)cc1. The van der Waals surface area contributed by atoms with Gasteiger partial charge in [0.15, 0.2) is 0 Å². The number of hydrogen-bond donors (Lipinski definition) is 2. The van der Waals surface area contributed by atoms with Crippen LogP contribution in [-0.2, 0) is 11.2 Å². The van der Waals surface area contributed by atoms with Crippen molar-refractivity contribution in [3.05, 3.63) is 35.4 Å². The van der Waals surface area contributed by atoms with E-state index in [9.17, 15) is 4.79 Å². The molecule has 0 bridgehead atoms. The molecule has 0 unspecified atom stereocenters. The van der Waals surface area contributed by atoms with Crippen LogP contribution in [0.4, 0.5) is 0 Å². The van der Waals surface area contributed by atoms with Crippen LogP contribution in [0.25, 0.3) is 0 Å². The van der Waals surface area contributed by atoms with Gasteiger partial charge in [0, 0.05) is 6.54 Å². The van der Waals surface area contributed by atoms with E-state index in [0.29, 0.717) is 6.54 Å². The molecule has 0 saturated heterocycles. The Kier molecular flexibility index (Phi) is 2.97. The summed E-state index contributed by atoms with van der Waals surface area (Å²) in [5.41, 5.74) is 7.73. The molecule has 0 aromatic heterocycles. The lowest BCUT2D eigenvalue weighted by molar-refractivity contribution is -0.123. The maximum atomic E-state index is 11.5. The second-order valence-electron chi connectivity index (χ2n) is 4.65. The van der Waals surface area contributed by atoms with E-state index in [0.717, 1.165) is 19.3 Å². The Balaban J connectivity index is 1.75. The summed E-state index contributed by atoms with van der Waals surface area (Å²) in [5, 5.41) is 2.88. The number of benzene rings is 1. The summed E-state index contributed by atoms with van der Waals surface area (Å²) in [6, 6.07) is 8.36. The molecule has 3 nitrogen and oxygen atoms in total. The summed E-state index contributed by atoms with van der Waals surface area (Å²) in [6.45, 7) is 2.73. The number of rotatable bonds is 4. The first kappa shape index (κ1) is 11.1. The van der Waals surface area contributed by atoms with Crippen molar-refractivity contribution >= 4 is 5.91 Å². The number of nitrogens with one attached hydrogen (secondary N) is 1. The van der Waals surface area contributed by atoms with Crippen molar-refractivity contribution in [3.63, 3.8) is 0 Å². The van der Waals surface area contributed by atoms with E-state index in [-0.39, 0.29) is 5.91 Å². The number of carbonyl (C=O) groups excluding carboxylic acids is 1. The van der Waals surface area contributed by atoms with E-state index in [2.05, 4.69) is 36.5 Å². The zero-order valence-electron chi connectivity index (χ0n) is 9.62. The minimum absolute atomic E-state index is 0.000360. The lowest BCUT2D eigenvalue weighted by Gasteiger charge is -2.09. The number of amides is 1. The Morgan fingerprint density at radius 2 is 2.00 bits per heavy atom. The maximum Gasteiger partial charge on any atom is 0.240 e. The zero-order valence-corrected chi connectivity index (χ0v) is 9.62. The molecule has 0 heterocycles. The second kappa shape index (κ2) is 4.26. The van der Waals surface area contributed by atoms with Gasteiger partial charge in [-0.3, -0.25) is 4.79 Å². The van der Waals surface area contributed by atoms with Crippen molar-refractivity contribution in [2.45, 2.75) is 31.7 Å². The molecular formula is C13H18N2O. The van der Waals surface area contributed by atoms with E-state index >= 15 is 0 Å². The molecule has 1 aliphatic rings. The second-order valence-corrected chi connectivity index (χ2v) is 4.65. The van der Waals surface area contributed by atoms with Crippen LogP contribution in [0.1, 0.15) is 24.0 Å². The van der Waals surface area contributed by atoms with Crippen LogP contribution in [0.3, 0.4) is 0 Å². The fourth-order valence-corrected chi connectivity index (χ4v) is 1.61. The number of nitrogens with two attached hydrogens (primary N) is 1. The third kappa shape index (κ3) is 2.61. The van der Waals surface area contributed by atoms with Crippen molar-refractivity contribution in [1.82, 2.24) is 5.32 Å². The van der Waals surface area contributed by atoms with Gasteiger partial charge in [0.25, 0.3) is 0 Å². The highest BCUT2D eigenvalue weighted by molar-refractivity contribution is 5.88. The average molecular weight is 218 g/mol. The highest BCUT2D eigenvalue weighted by Gasteiger charge is 2.45. The number of hydrogen-bond acceptors (Lipinski definition) is 2. The molecule has 0 aliphatic heterocycles. The predicted octanol–water partition coefficient (Wildman–Crippen LogP) is 1.15. The molecule has 1 amide bonds. The van der Waals surface area contributed by atoms with Gasteiger partial charge in [0.2, 0.25) is 5.91 Å². The molecule has 3 N–H and O–H groups in total. The Morgan fingerprint density at radius 3 is 2.56 bits per heavy atom. The minimum atomic E-state index is -0.548. The van der Waals surface area contributed by atoms with Gasteiger partial charge < -0.3 is 11.1 Å². The van der Waals surface area contributed by atoms with Crippen molar-refractivity contribution in [2.75, 3.05) is 6.54 Å². The van der Waals surface area contributed by atoms with Gasteiger partial charge in [-0.2, -0.15) is 0 Å². The van der Waals surface area contributed by atoms with Crippen LogP contribution in [0.5, 0.6) is 0 Å². The molecule has 2 rings (SSSR count). The first-order valence-corrected chi connectivity index (χ1v) is 5.73. The molecule has 1 aromatic carbocycles. The van der Waals surface area contributed by atoms with Crippen molar-refractivity contribution < 1.29 is 4.79 Å². The maximum absolute atomic E-state index is 11.5. The van der Waals surface area contributed by atoms with Crippen molar-refractivity contribution in [2.24, 2.45) is 5.73 Å². The molecule has 86 valence electrons. The third-order valence-electron chi connectivity index (χ3n) is 3.06. The van der Waals surface area contributed by atoms with E-state index in [1.165, 1.54) is 11.1 Å². The van der Waals surface area contributed by atoms with E-state index in [1.54, 1.807) is 0 Å². The average Bonchev–Trinajstić information content (AvgIpc) is 3.01. The Labute approximate surface area is 96.0 Å². The summed E-state index contributed by atoms with van der Waals surface area (Å²) < 4.78 is 0. The normalized spacial score (nSPS) is 16.9. The molecule has 16 heavy (non-hydrogen) atoms. The molecule has 1 aliphatic carbocycles. The zero-order chi connectivity index (χ0) is 11.6. The Hall–Kier alpha value is -1.35. The lowest BCUT2D eigenvalue weighted by Crippen LogP contribution is -2.43. The van der Waals surface area contributed by atoms with Gasteiger partial charge >= 0.3 is 0 Å². The van der Waals surface area contributed by atoms with E-state index < -0.39 is 5.54 Å².